The molecule has 3 nitrogen and oxygen atoms in total. The molecule has 2 aromatic carbocycles. The van der Waals surface area contributed by atoms with Crippen LogP contribution >= 0.6 is 0 Å². The van der Waals surface area contributed by atoms with E-state index in [-0.39, 0.29) is 28.6 Å². The summed E-state index contributed by atoms with van der Waals surface area (Å²) in [5.74, 6) is 0.254. The Labute approximate surface area is 161 Å². The predicted octanol–water partition coefficient (Wildman–Crippen LogP) is 4.68. The molecule has 140 valence electrons. The number of Topliss-reactive ketones (excluding diaryl/α,β-unsaturated/α-hetero) is 1. The number of benzene rings is 2. The lowest BCUT2D eigenvalue weighted by atomic mass is 9.64. The zero-order valence-corrected chi connectivity index (χ0v) is 16.3. The van der Waals surface area contributed by atoms with Crippen molar-refractivity contribution in [1.29, 1.82) is 0 Å². The summed E-state index contributed by atoms with van der Waals surface area (Å²) in [4.78, 5) is 26.4. The standard InChI is InChI=1S/C24H27NO2/c1-22(2)23(3)14-15-24(22,16-19(23)26)21(27)25-20(17-10-6-4-7-11-17)18-12-8-5-9-13-18/h4-13,20H,14-16H2,1-3H3,(H,25,27)/t23-,24+/m1/s1. The molecule has 0 unspecified atom stereocenters. The minimum atomic E-state index is -0.610. The molecule has 2 aliphatic rings. The van der Waals surface area contributed by atoms with Gasteiger partial charge in [-0.15, -0.1) is 0 Å². The molecule has 0 radical (unpaired) electrons. The highest BCUT2D eigenvalue weighted by Gasteiger charge is 2.72. The highest BCUT2D eigenvalue weighted by molar-refractivity contribution is 5.99. The Morgan fingerprint density at radius 2 is 1.41 bits per heavy atom. The minimum absolute atomic E-state index is 0.0137. The van der Waals surface area contributed by atoms with Crippen LogP contribution in [0.5, 0.6) is 0 Å². The third-order valence-electron chi connectivity index (χ3n) is 7.68. The molecule has 0 aliphatic heterocycles. The van der Waals surface area contributed by atoms with Crippen LogP contribution in [0.3, 0.4) is 0 Å². The predicted molar refractivity (Wildman–Crippen MR) is 106 cm³/mol. The van der Waals surface area contributed by atoms with Crippen LogP contribution in [-0.4, -0.2) is 11.7 Å². The smallest absolute Gasteiger partial charge is 0.227 e. The van der Waals surface area contributed by atoms with Gasteiger partial charge in [0.2, 0.25) is 5.91 Å². The third-order valence-corrected chi connectivity index (χ3v) is 7.68. The largest absolute Gasteiger partial charge is 0.345 e. The van der Waals surface area contributed by atoms with E-state index in [1.165, 1.54) is 0 Å². The summed E-state index contributed by atoms with van der Waals surface area (Å²) >= 11 is 0. The van der Waals surface area contributed by atoms with E-state index in [9.17, 15) is 9.59 Å². The van der Waals surface area contributed by atoms with Gasteiger partial charge in [-0.25, -0.2) is 0 Å². The van der Waals surface area contributed by atoms with Crippen LogP contribution in [0, 0.1) is 16.2 Å². The van der Waals surface area contributed by atoms with Gasteiger partial charge in [0.1, 0.15) is 5.78 Å². The molecule has 0 heterocycles. The molecule has 0 aromatic heterocycles. The van der Waals surface area contributed by atoms with Crippen LogP contribution in [0.15, 0.2) is 60.7 Å². The average molecular weight is 361 g/mol. The van der Waals surface area contributed by atoms with Crippen molar-refractivity contribution in [2.75, 3.05) is 0 Å². The van der Waals surface area contributed by atoms with E-state index < -0.39 is 5.41 Å². The first kappa shape index (κ1) is 18.0. The number of nitrogens with one attached hydrogen (secondary N) is 1. The van der Waals surface area contributed by atoms with Gasteiger partial charge in [0.25, 0.3) is 0 Å². The van der Waals surface area contributed by atoms with Crippen molar-refractivity contribution < 1.29 is 9.59 Å². The molecule has 4 rings (SSSR count). The van der Waals surface area contributed by atoms with E-state index >= 15 is 0 Å². The van der Waals surface area contributed by atoms with Gasteiger partial charge in [-0.3, -0.25) is 9.59 Å². The Morgan fingerprint density at radius 3 is 1.81 bits per heavy atom. The molecule has 2 aliphatic carbocycles. The quantitative estimate of drug-likeness (QED) is 0.859. The summed E-state index contributed by atoms with van der Waals surface area (Å²) in [5.41, 5.74) is 0.770. The van der Waals surface area contributed by atoms with Gasteiger partial charge >= 0.3 is 0 Å². The molecule has 1 N–H and O–H groups in total. The third kappa shape index (κ3) is 2.40. The summed E-state index contributed by atoms with van der Waals surface area (Å²) in [6, 6.07) is 19.9. The molecular weight excluding hydrogens is 334 g/mol. The number of carbonyl (C=O) groups excluding carboxylic acids is 2. The van der Waals surface area contributed by atoms with Gasteiger partial charge in [-0.2, -0.15) is 0 Å². The first-order chi connectivity index (χ1) is 12.8. The van der Waals surface area contributed by atoms with Crippen molar-refractivity contribution in [3.63, 3.8) is 0 Å². The van der Waals surface area contributed by atoms with Gasteiger partial charge in [0.15, 0.2) is 0 Å². The fraction of sp³-hybridized carbons (Fsp3) is 0.417. The monoisotopic (exact) mass is 361 g/mol. The summed E-state index contributed by atoms with van der Waals surface area (Å²) < 4.78 is 0. The molecule has 0 saturated heterocycles. The Kier molecular flexibility index (Phi) is 4.03. The van der Waals surface area contributed by atoms with E-state index in [1.54, 1.807) is 0 Å². The lowest BCUT2D eigenvalue weighted by Crippen LogP contribution is -2.47. The zero-order chi connectivity index (χ0) is 19.3. The van der Waals surface area contributed by atoms with Crippen molar-refractivity contribution in [3.05, 3.63) is 71.8 Å². The van der Waals surface area contributed by atoms with Gasteiger partial charge in [-0.05, 0) is 29.4 Å². The van der Waals surface area contributed by atoms with E-state index in [0.29, 0.717) is 6.42 Å². The van der Waals surface area contributed by atoms with Crippen molar-refractivity contribution >= 4 is 11.7 Å². The number of ketones is 1. The molecule has 1 amide bonds. The minimum Gasteiger partial charge on any atom is -0.345 e. The highest BCUT2D eigenvalue weighted by atomic mass is 16.2. The molecule has 0 spiro atoms. The molecule has 2 atom stereocenters. The maximum atomic E-state index is 13.6. The lowest BCUT2D eigenvalue weighted by Gasteiger charge is -2.39. The normalized spacial score (nSPS) is 28.5. The first-order valence-corrected chi connectivity index (χ1v) is 9.76. The Balaban J connectivity index is 1.71. The Hall–Kier alpha value is -2.42. The molecule has 27 heavy (non-hydrogen) atoms. The fourth-order valence-corrected chi connectivity index (χ4v) is 5.28. The second-order valence-electron chi connectivity index (χ2n) is 8.87. The van der Waals surface area contributed by atoms with Crippen LogP contribution < -0.4 is 5.32 Å². The zero-order valence-electron chi connectivity index (χ0n) is 16.3. The topological polar surface area (TPSA) is 46.2 Å². The van der Waals surface area contributed by atoms with E-state index in [1.807, 2.05) is 67.6 Å². The molecule has 2 saturated carbocycles. The number of hydrogen-bond acceptors (Lipinski definition) is 2. The molecule has 2 fully saturated rings. The van der Waals surface area contributed by atoms with Crippen LogP contribution in [0.1, 0.15) is 57.2 Å². The first-order valence-electron chi connectivity index (χ1n) is 9.76. The summed E-state index contributed by atoms with van der Waals surface area (Å²) in [7, 11) is 0. The Morgan fingerprint density at radius 1 is 0.889 bits per heavy atom. The van der Waals surface area contributed by atoms with Crippen molar-refractivity contribution in [2.24, 2.45) is 16.2 Å². The fourth-order valence-electron chi connectivity index (χ4n) is 5.28. The number of rotatable bonds is 4. The van der Waals surface area contributed by atoms with E-state index in [4.69, 9.17) is 0 Å². The van der Waals surface area contributed by atoms with Gasteiger partial charge in [-0.1, -0.05) is 81.4 Å². The average Bonchev–Trinajstić information content (AvgIpc) is 2.97. The van der Waals surface area contributed by atoms with Gasteiger partial charge < -0.3 is 5.32 Å². The Bertz CT molecular complexity index is 834. The summed E-state index contributed by atoms with van der Waals surface area (Å²) in [6.45, 7) is 6.25. The van der Waals surface area contributed by atoms with Crippen LogP contribution in [0.4, 0.5) is 0 Å². The van der Waals surface area contributed by atoms with E-state index in [0.717, 1.165) is 24.0 Å². The number of hydrogen-bond donors (Lipinski definition) is 1. The van der Waals surface area contributed by atoms with Gasteiger partial charge in [0, 0.05) is 11.8 Å². The number of carbonyl (C=O) groups is 2. The van der Waals surface area contributed by atoms with Crippen molar-refractivity contribution in [2.45, 2.75) is 46.1 Å². The second kappa shape index (κ2) is 6.05. The van der Waals surface area contributed by atoms with Crippen LogP contribution in [0.2, 0.25) is 0 Å². The highest BCUT2D eigenvalue weighted by Crippen LogP contribution is 2.70. The molecule has 3 heteroatoms. The molecular formula is C24H27NO2. The SMILES string of the molecule is CC1(C)[C@@]2(C(=O)NC(c3ccccc3)c3ccccc3)CC[C@]1(C)C(=O)C2. The van der Waals surface area contributed by atoms with Crippen LogP contribution in [-0.2, 0) is 9.59 Å². The second-order valence-corrected chi connectivity index (χ2v) is 8.87. The number of amides is 1. The maximum absolute atomic E-state index is 13.6. The number of fused-ring (bicyclic) bond motifs is 2. The molecule has 2 bridgehead atoms. The van der Waals surface area contributed by atoms with Gasteiger partial charge in [0.05, 0.1) is 11.5 Å². The summed E-state index contributed by atoms with van der Waals surface area (Å²) in [6.07, 6.45) is 1.94. The lowest BCUT2D eigenvalue weighted by molar-refractivity contribution is -0.137. The van der Waals surface area contributed by atoms with Crippen molar-refractivity contribution in [1.82, 2.24) is 5.32 Å². The molecule has 2 aromatic rings. The van der Waals surface area contributed by atoms with Crippen molar-refractivity contribution in [3.8, 4) is 0 Å². The van der Waals surface area contributed by atoms with Crippen LogP contribution in [0.25, 0.3) is 0 Å². The maximum Gasteiger partial charge on any atom is 0.227 e. The summed E-state index contributed by atoms with van der Waals surface area (Å²) in [5, 5.41) is 3.31. The van der Waals surface area contributed by atoms with E-state index in [2.05, 4.69) is 19.2 Å².